The Labute approximate surface area is 92.6 Å². The number of nitrogens with one attached hydrogen (secondary N) is 1. The highest BCUT2D eigenvalue weighted by atomic mass is 32.1. The normalized spacial score (nSPS) is 10.3. The number of aryl methyl sites for hydroxylation is 1. The van der Waals surface area contributed by atoms with Gasteiger partial charge in [0.15, 0.2) is 0 Å². The van der Waals surface area contributed by atoms with Crippen LogP contribution >= 0.6 is 11.3 Å². The molecule has 1 nitrogen and oxygen atoms in total. The van der Waals surface area contributed by atoms with E-state index in [0.717, 1.165) is 5.56 Å². The van der Waals surface area contributed by atoms with Gasteiger partial charge in [0, 0.05) is 11.4 Å². The maximum absolute atomic E-state index is 13.3. The summed E-state index contributed by atoms with van der Waals surface area (Å²) in [4.78, 5) is 1.20. The van der Waals surface area contributed by atoms with Gasteiger partial charge in [-0.1, -0.05) is 12.1 Å². The molecule has 0 atom stereocenters. The zero-order valence-electron chi connectivity index (χ0n) is 8.46. The quantitative estimate of drug-likeness (QED) is 0.831. The Hall–Kier alpha value is -1.35. The van der Waals surface area contributed by atoms with Gasteiger partial charge in [0.2, 0.25) is 0 Å². The first-order valence-electron chi connectivity index (χ1n) is 4.78. The second kappa shape index (κ2) is 4.45. The van der Waals surface area contributed by atoms with Crippen molar-refractivity contribution in [1.29, 1.82) is 0 Å². The number of anilines is 1. The van der Waals surface area contributed by atoms with Crippen LogP contribution in [-0.2, 0) is 6.54 Å². The van der Waals surface area contributed by atoms with Crippen LogP contribution < -0.4 is 5.32 Å². The summed E-state index contributed by atoms with van der Waals surface area (Å²) in [5, 5.41) is 5.11. The molecule has 0 aliphatic heterocycles. The third kappa shape index (κ3) is 2.57. The van der Waals surface area contributed by atoms with Crippen LogP contribution in [0.3, 0.4) is 0 Å². The van der Waals surface area contributed by atoms with Gasteiger partial charge >= 0.3 is 0 Å². The van der Waals surface area contributed by atoms with E-state index in [-0.39, 0.29) is 5.82 Å². The average Bonchev–Trinajstić information content (AvgIpc) is 2.72. The Morgan fingerprint density at radius 1 is 1.33 bits per heavy atom. The van der Waals surface area contributed by atoms with Crippen LogP contribution in [0.25, 0.3) is 0 Å². The molecule has 0 fully saturated rings. The van der Waals surface area contributed by atoms with Crippen LogP contribution in [0.15, 0.2) is 35.7 Å². The minimum Gasteiger partial charge on any atom is -0.378 e. The van der Waals surface area contributed by atoms with Crippen molar-refractivity contribution < 1.29 is 4.39 Å². The van der Waals surface area contributed by atoms with E-state index >= 15 is 0 Å². The molecule has 1 heterocycles. The Bertz CT molecular complexity index is 437. The van der Waals surface area contributed by atoms with Crippen molar-refractivity contribution in [2.45, 2.75) is 13.5 Å². The minimum atomic E-state index is -0.197. The predicted octanol–water partition coefficient (Wildman–Crippen LogP) is 3.81. The largest absolute Gasteiger partial charge is 0.378 e. The summed E-state index contributed by atoms with van der Waals surface area (Å²) in [6.07, 6.45) is 0. The zero-order chi connectivity index (χ0) is 10.7. The van der Waals surface area contributed by atoms with Gasteiger partial charge in [-0.3, -0.25) is 0 Å². The fourth-order valence-corrected chi connectivity index (χ4v) is 2.01. The SMILES string of the molecule is Cc1ccc(F)c(NCc2cccs2)c1. The minimum absolute atomic E-state index is 0.197. The molecular weight excluding hydrogens is 209 g/mol. The molecule has 0 aliphatic rings. The van der Waals surface area contributed by atoms with Gasteiger partial charge in [0.05, 0.1) is 5.69 Å². The molecule has 0 saturated carbocycles. The summed E-state index contributed by atoms with van der Waals surface area (Å²) in [7, 11) is 0. The van der Waals surface area contributed by atoms with Gasteiger partial charge in [-0.05, 0) is 36.1 Å². The molecule has 0 aliphatic carbocycles. The van der Waals surface area contributed by atoms with E-state index in [1.165, 1.54) is 10.9 Å². The predicted molar refractivity (Wildman–Crippen MR) is 62.8 cm³/mol. The summed E-state index contributed by atoms with van der Waals surface area (Å²) >= 11 is 1.67. The van der Waals surface area contributed by atoms with Crippen molar-refractivity contribution in [2.24, 2.45) is 0 Å². The first-order chi connectivity index (χ1) is 7.25. The van der Waals surface area contributed by atoms with Crippen molar-refractivity contribution in [3.8, 4) is 0 Å². The molecule has 0 unspecified atom stereocenters. The fourth-order valence-electron chi connectivity index (χ4n) is 1.37. The van der Waals surface area contributed by atoms with Gasteiger partial charge in [-0.25, -0.2) is 4.39 Å². The van der Waals surface area contributed by atoms with Crippen molar-refractivity contribution in [2.75, 3.05) is 5.32 Å². The van der Waals surface area contributed by atoms with Crippen molar-refractivity contribution in [1.82, 2.24) is 0 Å². The van der Waals surface area contributed by atoms with E-state index in [2.05, 4.69) is 5.32 Å². The van der Waals surface area contributed by atoms with Gasteiger partial charge in [-0.15, -0.1) is 11.3 Å². The third-order valence-corrected chi connectivity index (χ3v) is 3.03. The second-order valence-corrected chi connectivity index (χ2v) is 4.45. The van der Waals surface area contributed by atoms with Crippen molar-refractivity contribution in [3.63, 3.8) is 0 Å². The highest BCUT2D eigenvalue weighted by Gasteiger charge is 2.01. The Balaban J connectivity index is 2.07. The number of benzene rings is 1. The molecule has 0 saturated heterocycles. The molecule has 2 aromatic rings. The van der Waals surface area contributed by atoms with Crippen LogP contribution in [0.5, 0.6) is 0 Å². The summed E-state index contributed by atoms with van der Waals surface area (Å²) in [6.45, 7) is 2.63. The van der Waals surface area contributed by atoms with Crippen LogP contribution in [0.2, 0.25) is 0 Å². The molecule has 0 spiro atoms. The summed E-state index contributed by atoms with van der Waals surface area (Å²) in [5.41, 5.74) is 1.63. The standard InChI is InChI=1S/C12H12FNS/c1-9-4-5-11(13)12(7-9)14-8-10-3-2-6-15-10/h2-7,14H,8H2,1H3. The zero-order valence-corrected chi connectivity index (χ0v) is 9.27. The number of rotatable bonds is 3. The Morgan fingerprint density at radius 3 is 2.93 bits per heavy atom. The monoisotopic (exact) mass is 221 g/mol. The molecule has 0 bridgehead atoms. The van der Waals surface area contributed by atoms with Crippen LogP contribution in [0.1, 0.15) is 10.4 Å². The van der Waals surface area contributed by atoms with Crippen molar-refractivity contribution in [3.05, 3.63) is 52.0 Å². The van der Waals surface area contributed by atoms with Gasteiger partial charge in [-0.2, -0.15) is 0 Å². The molecular formula is C12H12FNS. The lowest BCUT2D eigenvalue weighted by Crippen LogP contribution is -1.99. The maximum Gasteiger partial charge on any atom is 0.146 e. The molecule has 1 aromatic heterocycles. The van der Waals surface area contributed by atoms with Gasteiger partial charge in [0.25, 0.3) is 0 Å². The van der Waals surface area contributed by atoms with E-state index in [1.54, 1.807) is 17.4 Å². The first-order valence-corrected chi connectivity index (χ1v) is 5.66. The summed E-state index contributed by atoms with van der Waals surface area (Å²) in [5.74, 6) is -0.197. The van der Waals surface area contributed by atoms with Crippen LogP contribution in [0.4, 0.5) is 10.1 Å². The third-order valence-electron chi connectivity index (χ3n) is 2.16. The lowest BCUT2D eigenvalue weighted by Gasteiger charge is -2.06. The molecule has 0 radical (unpaired) electrons. The summed E-state index contributed by atoms with van der Waals surface area (Å²) < 4.78 is 13.3. The van der Waals surface area contributed by atoms with E-state index < -0.39 is 0 Å². The number of halogens is 1. The van der Waals surface area contributed by atoms with Gasteiger partial charge in [0.1, 0.15) is 5.82 Å². The number of hydrogen-bond acceptors (Lipinski definition) is 2. The topological polar surface area (TPSA) is 12.0 Å². The van der Waals surface area contributed by atoms with Crippen LogP contribution in [0, 0.1) is 12.7 Å². The van der Waals surface area contributed by atoms with Gasteiger partial charge < -0.3 is 5.32 Å². The average molecular weight is 221 g/mol. The number of hydrogen-bond donors (Lipinski definition) is 1. The van der Waals surface area contributed by atoms with Crippen molar-refractivity contribution >= 4 is 17.0 Å². The fraction of sp³-hybridized carbons (Fsp3) is 0.167. The lowest BCUT2D eigenvalue weighted by atomic mass is 10.2. The molecule has 15 heavy (non-hydrogen) atoms. The Kier molecular flexibility index (Phi) is 3.02. The van der Waals surface area contributed by atoms with E-state index in [1.807, 2.05) is 30.5 Å². The molecule has 2 rings (SSSR count). The Morgan fingerprint density at radius 2 is 2.20 bits per heavy atom. The molecule has 0 amide bonds. The van der Waals surface area contributed by atoms with Crippen LogP contribution in [-0.4, -0.2) is 0 Å². The first kappa shape index (κ1) is 10.2. The molecule has 3 heteroatoms. The number of thiophene rings is 1. The second-order valence-electron chi connectivity index (χ2n) is 3.42. The molecule has 1 aromatic carbocycles. The highest BCUT2D eigenvalue weighted by Crippen LogP contribution is 2.17. The maximum atomic E-state index is 13.3. The molecule has 1 N–H and O–H groups in total. The van der Waals surface area contributed by atoms with E-state index in [0.29, 0.717) is 12.2 Å². The van der Waals surface area contributed by atoms with E-state index in [4.69, 9.17) is 0 Å². The lowest BCUT2D eigenvalue weighted by molar-refractivity contribution is 0.630. The molecule has 78 valence electrons. The summed E-state index contributed by atoms with van der Waals surface area (Å²) in [6, 6.07) is 9.11. The smallest absolute Gasteiger partial charge is 0.146 e. The van der Waals surface area contributed by atoms with E-state index in [9.17, 15) is 4.39 Å². The highest BCUT2D eigenvalue weighted by molar-refractivity contribution is 7.09.